The van der Waals surface area contributed by atoms with Gasteiger partial charge >= 0.3 is 0 Å². The van der Waals surface area contributed by atoms with E-state index in [2.05, 4.69) is 36.4 Å². The molecule has 0 bridgehead atoms. The van der Waals surface area contributed by atoms with Crippen molar-refractivity contribution in [2.24, 2.45) is 11.8 Å². The normalized spacial score (nSPS) is 18.8. The van der Waals surface area contributed by atoms with Gasteiger partial charge in [0.05, 0.1) is 0 Å². The summed E-state index contributed by atoms with van der Waals surface area (Å²) in [5.41, 5.74) is 2.96. The van der Waals surface area contributed by atoms with Crippen LogP contribution in [0.1, 0.15) is 36.8 Å². The second kappa shape index (κ2) is 14.8. The maximum Gasteiger partial charge on any atom is 0 e. The number of rotatable bonds is 4. The Hall–Kier alpha value is 0.648. The third-order valence-electron chi connectivity index (χ3n) is 4.59. The van der Waals surface area contributed by atoms with Gasteiger partial charge in [-0.2, -0.15) is 71.8 Å². The summed E-state index contributed by atoms with van der Waals surface area (Å²) < 4.78 is 0. The Balaban J connectivity index is 0. The summed E-state index contributed by atoms with van der Waals surface area (Å²) in [6.45, 7) is 0. The first-order valence-corrected chi connectivity index (χ1v) is 7.80. The smallest absolute Gasteiger partial charge is 0 e. The third-order valence-corrected chi connectivity index (χ3v) is 4.59. The number of benzene rings is 2. The molecule has 2 radical (unpaired) electrons. The standard InChI is InChI=1S/C20H22.2CH3.2Y/c1-3-7-17(8-4-1)15-19-11-13-20(14-12-19)16-18-9-5-2-6-10-18;;;;/h3-10,19-20H,11-16H2;2*1H3;;/q-2;2*-1;;. The van der Waals surface area contributed by atoms with Gasteiger partial charge in [-0.1, -0.05) is 0 Å². The fourth-order valence-electron chi connectivity index (χ4n) is 3.42. The van der Waals surface area contributed by atoms with Crippen molar-refractivity contribution >= 4 is 0 Å². The maximum atomic E-state index is 3.10. The second-order valence-electron chi connectivity index (χ2n) is 6.11. The molecule has 2 aromatic rings. The number of hydrogen-bond acceptors (Lipinski definition) is 0. The summed E-state index contributed by atoms with van der Waals surface area (Å²) >= 11 is 0. The summed E-state index contributed by atoms with van der Waals surface area (Å²) in [6, 6.07) is 23.2. The zero-order valence-corrected chi connectivity index (χ0v) is 20.8. The quantitative estimate of drug-likeness (QED) is 0.498. The zero-order chi connectivity index (χ0) is 13.6. The molecule has 1 aliphatic carbocycles. The molecule has 1 fully saturated rings. The summed E-state index contributed by atoms with van der Waals surface area (Å²) in [5, 5.41) is 0. The summed E-state index contributed by atoms with van der Waals surface area (Å²) in [6.07, 6.45) is 8.07. The van der Waals surface area contributed by atoms with Crippen LogP contribution in [0.3, 0.4) is 0 Å². The molecule has 0 atom stereocenters. The Morgan fingerprint density at radius 1 is 0.625 bits per heavy atom. The minimum absolute atomic E-state index is 0. The van der Waals surface area contributed by atoms with Crippen LogP contribution in [0.2, 0.25) is 0 Å². The fraction of sp³-hybridized carbons (Fsp3) is 0.364. The minimum atomic E-state index is 0. The molecule has 1 saturated carbocycles. The minimum Gasteiger partial charge on any atom is -0.358 e. The first-order chi connectivity index (χ1) is 9.90. The van der Waals surface area contributed by atoms with Crippen molar-refractivity contribution in [3.05, 3.63) is 86.6 Å². The van der Waals surface area contributed by atoms with Crippen LogP contribution in [0, 0.1) is 38.8 Å². The van der Waals surface area contributed by atoms with Crippen LogP contribution in [-0.2, 0) is 78.3 Å². The average Bonchev–Trinajstić information content (AvgIpc) is 2.51. The van der Waals surface area contributed by atoms with Gasteiger partial charge in [-0.15, -0.1) is 0 Å². The maximum absolute atomic E-state index is 3.10. The molecule has 0 unspecified atom stereocenters. The molecule has 0 aliphatic heterocycles. The van der Waals surface area contributed by atoms with Gasteiger partial charge in [0.2, 0.25) is 0 Å². The van der Waals surface area contributed by atoms with E-state index >= 15 is 0 Å². The third kappa shape index (κ3) is 8.84. The van der Waals surface area contributed by atoms with E-state index in [0.29, 0.717) is 0 Å². The SMILES string of the molecule is [CH3-].[CH3-].[Y].[Y].[c-]1ccc(CC2CCC(Cc3cc[c-]cc3)CC2)cc1. The second-order valence-corrected chi connectivity index (χ2v) is 6.11. The summed E-state index contributed by atoms with van der Waals surface area (Å²) in [4.78, 5) is 0. The predicted octanol–water partition coefficient (Wildman–Crippen LogP) is 5.77. The van der Waals surface area contributed by atoms with Gasteiger partial charge in [0.15, 0.2) is 0 Å². The van der Waals surface area contributed by atoms with Crippen LogP contribution in [0.4, 0.5) is 0 Å². The molecule has 3 rings (SSSR count). The van der Waals surface area contributed by atoms with Crippen LogP contribution >= 0.6 is 0 Å². The average molecular weight is 470 g/mol. The van der Waals surface area contributed by atoms with E-state index in [-0.39, 0.29) is 80.3 Å². The Labute approximate surface area is 200 Å². The van der Waals surface area contributed by atoms with Crippen molar-refractivity contribution in [3.8, 4) is 0 Å². The predicted molar refractivity (Wildman–Crippen MR) is 96.2 cm³/mol. The molecule has 2 heteroatoms. The molecule has 0 nitrogen and oxygen atoms in total. The zero-order valence-electron chi connectivity index (χ0n) is 15.2. The van der Waals surface area contributed by atoms with Crippen molar-refractivity contribution in [3.63, 3.8) is 0 Å². The van der Waals surface area contributed by atoms with Gasteiger partial charge in [-0.3, -0.25) is 0 Å². The van der Waals surface area contributed by atoms with Gasteiger partial charge in [-0.05, 0) is 50.4 Å². The van der Waals surface area contributed by atoms with Crippen LogP contribution in [0.15, 0.2) is 48.5 Å². The van der Waals surface area contributed by atoms with Crippen molar-refractivity contribution < 1.29 is 65.4 Å². The first kappa shape index (κ1) is 26.9. The van der Waals surface area contributed by atoms with Gasteiger partial charge < -0.3 is 14.9 Å². The van der Waals surface area contributed by atoms with Crippen molar-refractivity contribution in [2.45, 2.75) is 38.5 Å². The van der Waals surface area contributed by atoms with E-state index < -0.39 is 0 Å². The van der Waals surface area contributed by atoms with Crippen LogP contribution in [0.5, 0.6) is 0 Å². The molecule has 0 saturated heterocycles. The van der Waals surface area contributed by atoms with Crippen molar-refractivity contribution in [1.82, 2.24) is 0 Å². The van der Waals surface area contributed by atoms with E-state index in [1.165, 1.54) is 49.7 Å². The van der Waals surface area contributed by atoms with Gasteiger partial charge in [0.25, 0.3) is 0 Å². The van der Waals surface area contributed by atoms with Gasteiger partial charge in [-0.25, -0.2) is 0 Å². The van der Waals surface area contributed by atoms with Gasteiger partial charge in [0, 0.05) is 65.4 Å². The fourth-order valence-corrected chi connectivity index (χ4v) is 3.42. The molecule has 0 spiro atoms. The first-order valence-electron chi connectivity index (χ1n) is 7.80. The van der Waals surface area contributed by atoms with E-state index in [4.69, 9.17) is 0 Å². The molecule has 0 heterocycles. The molecular formula is C22H28Y2-4. The Kier molecular flexibility index (Phi) is 16.5. The molecule has 126 valence electrons. The number of hydrogen-bond donors (Lipinski definition) is 0. The largest absolute Gasteiger partial charge is 0.358 e. The Bertz CT molecular complexity index is 453. The molecule has 0 aromatic heterocycles. The molecule has 24 heavy (non-hydrogen) atoms. The molecule has 2 aromatic carbocycles. The summed E-state index contributed by atoms with van der Waals surface area (Å²) in [5.74, 6) is 1.77. The van der Waals surface area contributed by atoms with Crippen LogP contribution in [0.25, 0.3) is 0 Å². The van der Waals surface area contributed by atoms with E-state index in [9.17, 15) is 0 Å². The van der Waals surface area contributed by atoms with E-state index in [0.717, 1.165) is 11.8 Å². The van der Waals surface area contributed by atoms with Crippen molar-refractivity contribution in [2.75, 3.05) is 0 Å². The monoisotopic (exact) mass is 470 g/mol. The summed E-state index contributed by atoms with van der Waals surface area (Å²) in [7, 11) is 0. The topological polar surface area (TPSA) is 0 Å². The van der Waals surface area contributed by atoms with Crippen LogP contribution < -0.4 is 0 Å². The molecule has 0 amide bonds. The molecule has 0 N–H and O–H groups in total. The van der Waals surface area contributed by atoms with Gasteiger partial charge in [0.1, 0.15) is 0 Å². The molecular weight excluding hydrogens is 442 g/mol. The van der Waals surface area contributed by atoms with E-state index in [1.54, 1.807) is 0 Å². The van der Waals surface area contributed by atoms with Crippen LogP contribution in [-0.4, -0.2) is 0 Å². The Morgan fingerprint density at radius 3 is 1.21 bits per heavy atom. The Morgan fingerprint density at radius 2 is 0.917 bits per heavy atom. The molecule has 1 aliphatic rings. The van der Waals surface area contributed by atoms with Crippen molar-refractivity contribution in [1.29, 1.82) is 0 Å². The van der Waals surface area contributed by atoms with E-state index in [1.807, 2.05) is 24.3 Å².